The molecule has 0 saturated heterocycles. The highest BCUT2D eigenvalue weighted by Gasteiger charge is 2.25. The smallest absolute Gasteiger partial charge is 0.244 e. The first-order valence-electron chi connectivity index (χ1n) is 10.8. The van der Waals surface area contributed by atoms with Crippen LogP contribution in [0.3, 0.4) is 0 Å². The van der Waals surface area contributed by atoms with Gasteiger partial charge in [0.1, 0.15) is 17.5 Å². The van der Waals surface area contributed by atoms with E-state index in [0.29, 0.717) is 28.0 Å². The van der Waals surface area contributed by atoms with Gasteiger partial charge in [0, 0.05) is 11.1 Å². The van der Waals surface area contributed by atoms with Gasteiger partial charge in [-0.1, -0.05) is 42.5 Å². The van der Waals surface area contributed by atoms with Crippen molar-refractivity contribution in [1.82, 2.24) is 18.9 Å². The molecule has 0 aliphatic carbocycles. The number of rotatable bonds is 5. The highest BCUT2D eigenvalue weighted by Crippen LogP contribution is 2.36. The summed E-state index contributed by atoms with van der Waals surface area (Å²) in [5.74, 6) is -1.61. The molecule has 35 heavy (non-hydrogen) atoms. The van der Waals surface area contributed by atoms with E-state index in [9.17, 15) is 17.2 Å². The second kappa shape index (κ2) is 8.31. The number of hydrogen-bond acceptors (Lipinski definition) is 5. The summed E-state index contributed by atoms with van der Waals surface area (Å²) >= 11 is 0. The Morgan fingerprint density at radius 1 is 0.914 bits per heavy atom. The molecule has 0 radical (unpaired) electrons. The number of nitrogens with one attached hydrogen (secondary N) is 1. The number of benzene rings is 3. The second-order valence-corrected chi connectivity index (χ2v) is 10.6. The lowest BCUT2D eigenvalue weighted by molar-refractivity contribution is 0.580. The van der Waals surface area contributed by atoms with Gasteiger partial charge in [-0.2, -0.15) is 0 Å². The van der Waals surface area contributed by atoms with E-state index in [2.05, 4.69) is 15.0 Å². The van der Waals surface area contributed by atoms with E-state index >= 15 is 0 Å². The van der Waals surface area contributed by atoms with Crippen LogP contribution in [0.25, 0.3) is 44.9 Å². The van der Waals surface area contributed by atoms with Gasteiger partial charge in [0.25, 0.3) is 0 Å². The van der Waals surface area contributed by atoms with Gasteiger partial charge < -0.3 is 10.7 Å². The van der Waals surface area contributed by atoms with Crippen LogP contribution in [0.1, 0.15) is 13.8 Å². The molecule has 3 aromatic carbocycles. The predicted molar refractivity (Wildman–Crippen MR) is 132 cm³/mol. The number of anilines is 1. The topological polar surface area (TPSA) is 107 Å². The van der Waals surface area contributed by atoms with Gasteiger partial charge in [-0.25, -0.2) is 31.1 Å². The van der Waals surface area contributed by atoms with Crippen LogP contribution in [0.5, 0.6) is 0 Å². The van der Waals surface area contributed by atoms with Crippen molar-refractivity contribution in [2.75, 3.05) is 5.73 Å². The van der Waals surface area contributed by atoms with Gasteiger partial charge in [0.05, 0.1) is 33.2 Å². The summed E-state index contributed by atoms with van der Waals surface area (Å²) < 4.78 is 55.7. The third-order valence-electron chi connectivity index (χ3n) is 5.73. The monoisotopic (exact) mass is 493 g/mol. The molecule has 2 heterocycles. The van der Waals surface area contributed by atoms with Gasteiger partial charge in [-0.05, 0) is 38.1 Å². The van der Waals surface area contributed by atoms with Crippen LogP contribution >= 0.6 is 0 Å². The van der Waals surface area contributed by atoms with Crippen molar-refractivity contribution in [3.05, 3.63) is 78.4 Å². The first kappa shape index (κ1) is 22.7. The molecule has 0 saturated carbocycles. The lowest BCUT2D eigenvalue weighted by Gasteiger charge is -2.11. The summed E-state index contributed by atoms with van der Waals surface area (Å²) in [5, 5.41) is -0.698. The standard InChI is InChI=1S/C25H21F2N5O2S/c1-14(2)35(33,34)32-20-12-11-16(13-19(20)29-25(32)28)23-22(15-7-4-3-5-8-15)30-24(31-23)21-17(26)9-6-10-18(21)27/h3-14H,1-2H3,(H2,28,29)(H,30,31). The molecule has 7 nitrogen and oxygen atoms in total. The van der Waals surface area contributed by atoms with Crippen molar-refractivity contribution in [1.29, 1.82) is 0 Å². The molecule has 5 rings (SSSR count). The fourth-order valence-corrected chi connectivity index (χ4v) is 5.09. The number of aromatic nitrogens is 4. The zero-order valence-electron chi connectivity index (χ0n) is 18.8. The predicted octanol–water partition coefficient (Wildman–Crippen LogP) is 5.21. The zero-order valence-corrected chi connectivity index (χ0v) is 19.6. The van der Waals surface area contributed by atoms with E-state index < -0.39 is 26.9 Å². The number of nitrogens with two attached hydrogens (primary N) is 1. The SMILES string of the molecule is CC(C)S(=O)(=O)n1c(N)nc2cc(-c3nc(-c4c(F)cccc4F)[nH]c3-c3ccccc3)ccc21. The maximum atomic E-state index is 14.5. The fraction of sp³-hybridized carbons (Fsp3) is 0.120. The Kier molecular flexibility index (Phi) is 5.40. The number of halogens is 2. The normalized spacial score (nSPS) is 12.0. The van der Waals surface area contributed by atoms with Crippen molar-refractivity contribution in [3.63, 3.8) is 0 Å². The quantitative estimate of drug-likeness (QED) is 0.350. The van der Waals surface area contributed by atoms with Crippen LogP contribution in [0.2, 0.25) is 0 Å². The number of nitrogen functional groups attached to an aromatic ring is 1. The maximum Gasteiger partial charge on any atom is 0.244 e. The molecule has 5 aromatic rings. The van der Waals surface area contributed by atoms with Crippen molar-refractivity contribution in [3.8, 4) is 33.9 Å². The molecule has 0 fully saturated rings. The summed E-state index contributed by atoms with van der Waals surface area (Å²) in [6.07, 6.45) is 0. The molecule has 178 valence electrons. The molecule has 0 spiro atoms. The molecule has 2 aromatic heterocycles. The van der Waals surface area contributed by atoms with Gasteiger partial charge in [0.15, 0.2) is 0 Å². The van der Waals surface area contributed by atoms with E-state index in [4.69, 9.17) is 5.73 Å². The number of imidazole rings is 2. The largest absolute Gasteiger partial charge is 0.368 e. The molecule has 10 heteroatoms. The van der Waals surface area contributed by atoms with E-state index in [1.165, 1.54) is 18.2 Å². The Bertz CT molecular complexity index is 1660. The number of hydrogen-bond donors (Lipinski definition) is 2. The van der Waals surface area contributed by atoms with E-state index in [0.717, 1.165) is 9.54 Å². The Morgan fingerprint density at radius 2 is 1.60 bits per heavy atom. The van der Waals surface area contributed by atoms with Gasteiger partial charge in [-0.15, -0.1) is 0 Å². The molecule has 0 aliphatic heterocycles. The molecule has 0 amide bonds. The lowest BCUT2D eigenvalue weighted by Crippen LogP contribution is -2.23. The number of nitrogens with zero attached hydrogens (tertiary/aromatic N) is 3. The van der Waals surface area contributed by atoms with Crippen molar-refractivity contribution in [2.45, 2.75) is 19.1 Å². The third kappa shape index (κ3) is 3.75. The first-order valence-corrected chi connectivity index (χ1v) is 12.3. The Balaban J connectivity index is 1.73. The molecule has 0 aliphatic rings. The third-order valence-corrected chi connectivity index (χ3v) is 7.81. The minimum absolute atomic E-state index is 0.0296. The number of H-pyrrole nitrogens is 1. The van der Waals surface area contributed by atoms with E-state index in [1.54, 1.807) is 32.0 Å². The first-order chi connectivity index (χ1) is 16.7. The zero-order chi connectivity index (χ0) is 24.9. The van der Waals surface area contributed by atoms with E-state index in [1.807, 2.05) is 30.3 Å². The number of aromatic amines is 1. The summed E-state index contributed by atoms with van der Waals surface area (Å²) in [6, 6.07) is 17.8. The Hall–Kier alpha value is -4.05. The molecule has 0 atom stereocenters. The second-order valence-electron chi connectivity index (χ2n) is 8.30. The van der Waals surface area contributed by atoms with Crippen LogP contribution in [0.15, 0.2) is 66.7 Å². The Morgan fingerprint density at radius 3 is 2.26 bits per heavy atom. The van der Waals surface area contributed by atoms with Crippen LogP contribution < -0.4 is 5.73 Å². The van der Waals surface area contributed by atoms with Crippen molar-refractivity contribution >= 4 is 27.0 Å². The molecular weight excluding hydrogens is 472 g/mol. The Labute approximate surface area is 200 Å². The summed E-state index contributed by atoms with van der Waals surface area (Å²) in [5.41, 5.74) is 8.68. The van der Waals surface area contributed by atoms with Crippen LogP contribution in [0.4, 0.5) is 14.7 Å². The highest BCUT2D eigenvalue weighted by atomic mass is 32.2. The lowest BCUT2D eigenvalue weighted by atomic mass is 10.0. The van der Waals surface area contributed by atoms with Crippen molar-refractivity contribution < 1.29 is 17.2 Å². The average Bonchev–Trinajstić information content (AvgIpc) is 3.40. The molecule has 0 bridgehead atoms. The van der Waals surface area contributed by atoms with Crippen LogP contribution in [-0.2, 0) is 10.0 Å². The summed E-state index contributed by atoms with van der Waals surface area (Å²) in [6.45, 7) is 3.13. The minimum Gasteiger partial charge on any atom is -0.368 e. The van der Waals surface area contributed by atoms with Crippen LogP contribution in [0, 0.1) is 11.6 Å². The highest BCUT2D eigenvalue weighted by molar-refractivity contribution is 7.90. The summed E-state index contributed by atoms with van der Waals surface area (Å²) in [4.78, 5) is 11.9. The number of fused-ring (bicyclic) bond motifs is 1. The van der Waals surface area contributed by atoms with Crippen LogP contribution in [-0.4, -0.2) is 32.6 Å². The average molecular weight is 494 g/mol. The van der Waals surface area contributed by atoms with E-state index in [-0.39, 0.29) is 17.3 Å². The van der Waals surface area contributed by atoms with Gasteiger partial charge in [0.2, 0.25) is 16.0 Å². The minimum atomic E-state index is -3.74. The van der Waals surface area contributed by atoms with Gasteiger partial charge >= 0.3 is 0 Å². The molecule has 0 unspecified atom stereocenters. The fourth-order valence-electron chi connectivity index (χ4n) is 3.94. The molecular formula is C25H21F2N5O2S. The maximum absolute atomic E-state index is 14.5. The van der Waals surface area contributed by atoms with Crippen molar-refractivity contribution in [2.24, 2.45) is 0 Å². The summed E-state index contributed by atoms with van der Waals surface area (Å²) in [7, 11) is -3.74. The van der Waals surface area contributed by atoms with Gasteiger partial charge in [-0.3, -0.25) is 0 Å². The molecule has 3 N–H and O–H groups in total.